The molecule has 1 unspecified atom stereocenters. The summed E-state index contributed by atoms with van der Waals surface area (Å²) < 4.78 is 11.1. The molecule has 1 aromatic rings. The maximum Gasteiger partial charge on any atom is 0.415 e. The van der Waals surface area contributed by atoms with E-state index in [1.807, 2.05) is 45.0 Å². The Balaban J connectivity index is 2.32. The van der Waals surface area contributed by atoms with Crippen molar-refractivity contribution in [2.24, 2.45) is 5.73 Å². The summed E-state index contributed by atoms with van der Waals surface area (Å²) >= 11 is 0. The number of hydrogen-bond donors (Lipinski definition) is 1. The number of nitrogens with two attached hydrogens (primary N) is 1. The molecule has 1 aliphatic rings. The second-order valence-electron chi connectivity index (χ2n) is 5.52. The normalized spacial score (nSPS) is 18.5. The van der Waals surface area contributed by atoms with Crippen LogP contribution >= 0.6 is 0 Å². The SMILES string of the molecule is CC(C)(C)OC(=O)N1c2ccccc2OCC1CN. The number of nitrogens with zero attached hydrogens (tertiary/aromatic N) is 1. The van der Waals surface area contributed by atoms with Gasteiger partial charge in [-0.3, -0.25) is 4.90 Å². The number of fused-ring (bicyclic) bond motifs is 1. The summed E-state index contributed by atoms with van der Waals surface area (Å²) in [6.07, 6.45) is -0.390. The Bertz CT molecular complexity index is 468. The molecule has 104 valence electrons. The third-order valence-corrected chi connectivity index (χ3v) is 2.78. The van der Waals surface area contributed by atoms with Crippen molar-refractivity contribution in [2.75, 3.05) is 18.1 Å². The predicted molar refractivity (Wildman–Crippen MR) is 73.5 cm³/mol. The number of hydrogen-bond acceptors (Lipinski definition) is 4. The van der Waals surface area contributed by atoms with E-state index in [4.69, 9.17) is 15.2 Å². The first-order chi connectivity index (χ1) is 8.92. The number of para-hydroxylation sites is 2. The van der Waals surface area contributed by atoms with Gasteiger partial charge in [0, 0.05) is 6.54 Å². The number of anilines is 1. The van der Waals surface area contributed by atoms with Gasteiger partial charge in [-0.25, -0.2) is 4.79 Å². The number of carbonyl (C=O) groups excluding carboxylic acids is 1. The summed E-state index contributed by atoms with van der Waals surface area (Å²) in [5.74, 6) is 0.679. The zero-order chi connectivity index (χ0) is 14.0. The van der Waals surface area contributed by atoms with Crippen LogP contribution in [0.2, 0.25) is 0 Å². The fraction of sp³-hybridized carbons (Fsp3) is 0.500. The highest BCUT2D eigenvalue weighted by Gasteiger charge is 2.34. The Morgan fingerprint density at radius 1 is 1.47 bits per heavy atom. The highest BCUT2D eigenvalue weighted by atomic mass is 16.6. The van der Waals surface area contributed by atoms with Gasteiger partial charge in [0.25, 0.3) is 0 Å². The maximum absolute atomic E-state index is 12.3. The van der Waals surface area contributed by atoms with E-state index in [0.29, 0.717) is 24.6 Å². The van der Waals surface area contributed by atoms with Crippen LogP contribution in [-0.4, -0.2) is 30.9 Å². The van der Waals surface area contributed by atoms with Crippen molar-refractivity contribution >= 4 is 11.8 Å². The fourth-order valence-electron chi connectivity index (χ4n) is 1.97. The maximum atomic E-state index is 12.3. The van der Waals surface area contributed by atoms with Crippen LogP contribution in [-0.2, 0) is 4.74 Å². The summed E-state index contributed by atoms with van der Waals surface area (Å²) in [4.78, 5) is 13.9. The minimum absolute atomic E-state index is 0.204. The molecule has 0 fully saturated rings. The van der Waals surface area contributed by atoms with E-state index in [0.717, 1.165) is 0 Å². The molecule has 5 heteroatoms. The van der Waals surface area contributed by atoms with Crippen LogP contribution in [0.3, 0.4) is 0 Å². The van der Waals surface area contributed by atoms with Crippen LogP contribution in [0.5, 0.6) is 5.75 Å². The summed E-state index contributed by atoms with van der Waals surface area (Å²) in [6.45, 7) is 6.23. The number of amides is 1. The molecule has 1 heterocycles. The molecule has 1 atom stereocenters. The van der Waals surface area contributed by atoms with E-state index < -0.39 is 11.7 Å². The smallest absolute Gasteiger partial charge is 0.415 e. The largest absolute Gasteiger partial charge is 0.489 e. The van der Waals surface area contributed by atoms with Gasteiger partial charge in [-0.15, -0.1) is 0 Å². The highest BCUT2D eigenvalue weighted by molar-refractivity contribution is 5.91. The zero-order valence-electron chi connectivity index (χ0n) is 11.6. The zero-order valence-corrected chi connectivity index (χ0v) is 11.6. The van der Waals surface area contributed by atoms with Gasteiger partial charge in [0.1, 0.15) is 18.0 Å². The van der Waals surface area contributed by atoms with Crippen molar-refractivity contribution < 1.29 is 14.3 Å². The van der Waals surface area contributed by atoms with Gasteiger partial charge < -0.3 is 15.2 Å². The first kappa shape index (κ1) is 13.7. The minimum Gasteiger partial charge on any atom is -0.489 e. The molecule has 0 saturated heterocycles. The standard InChI is InChI=1S/C14H20N2O3/c1-14(2,3)19-13(17)16-10(8-15)9-18-12-7-5-4-6-11(12)16/h4-7,10H,8-9,15H2,1-3H3. The predicted octanol–water partition coefficient (Wildman–Crippen LogP) is 2.15. The van der Waals surface area contributed by atoms with Crippen molar-refractivity contribution in [3.8, 4) is 5.75 Å². The lowest BCUT2D eigenvalue weighted by molar-refractivity contribution is 0.0545. The third kappa shape index (κ3) is 2.98. The Morgan fingerprint density at radius 3 is 2.79 bits per heavy atom. The number of carbonyl (C=O) groups is 1. The first-order valence-corrected chi connectivity index (χ1v) is 6.36. The lowest BCUT2D eigenvalue weighted by atomic mass is 10.1. The van der Waals surface area contributed by atoms with Gasteiger partial charge in [-0.2, -0.15) is 0 Å². The topological polar surface area (TPSA) is 64.8 Å². The molecule has 19 heavy (non-hydrogen) atoms. The second kappa shape index (κ2) is 5.09. The molecule has 0 bridgehead atoms. The Kier molecular flexibility index (Phi) is 3.66. The molecule has 1 amide bonds. The van der Waals surface area contributed by atoms with Crippen molar-refractivity contribution in [3.63, 3.8) is 0 Å². The Hall–Kier alpha value is -1.75. The van der Waals surface area contributed by atoms with E-state index in [1.165, 1.54) is 0 Å². The van der Waals surface area contributed by atoms with Gasteiger partial charge >= 0.3 is 6.09 Å². The van der Waals surface area contributed by atoms with E-state index in [9.17, 15) is 4.79 Å². The van der Waals surface area contributed by atoms with E-state index >= 15 is 0 Å². The summed E-state index contributed by atoms with van der Waals surface area (Å²) in [5.41, 5.74) is 5.89. The van der Waals surface area contributed by atoms with Crippen molar-refractivity contribution in [2.45, 2.75) is 32.4 Å². The average molecular weight is 264 g/mol. The minimum atomic E-state index is -0.538. The number of ether oxygens (including phenoxy) is 2. The van der Waals surface area contributed by atoms with Gasteiger partial charge in [0.05, 0.1) is 11.7 Å². The number of benzene rings is 1. The van der Waals surface area contributed by atoms with Gasteiger partial charge in [0.15, 0.2) is 0 Å². The van der Waals surface area contributed by atoms with Gasteiger partial charge in [-0.05, 0) is 32.9 Å². The Morgan fingerprint density at radius 2 is 2.16 bits per heavy atom. The summed E-state index contributed by atoms with van der Waals surface area (Å²) in [6, 6.07) is 7.19. The van der Waals surface area contributed by atoms with Crippen LogP contribution in [0, 0.1) is 0 Å². The molecule has 1 aromatic carbocycles. The second-order valence-corrected chi connectivity index (χ2v) is 5.52. The van der Waals surface area contributed by atoms with Gasteiger partial charge in [-0.1, -0.05) is 12.1 Å². The molecule has 0 saturated carbocycles. The van der Waals surface area contributed by atoms with Crippen molar-refractivity contribution in [1.82, 2.24) is 0 Å². The third-order valence-electron chi connectivity index (χ3n) is 2.78. The van der Waals surface area contributed by atoms with E-state index in [-0.39, 0.29) is 6.04 Å². The molecule has 5 nitrogen and oxygen atoms in total. The molecule has 0 aliphatic carbocycles. The molecule has 2 rings (SSSR count). The summed E-state index contributed by atoms with van der Waals surface area (Å²) in [5, 5.41) is 0. The van der Waals surface area contributed by atoms with Crippen LogP contribution in [0.4, 0.5) is 10.5 Å². The van der Waals surface area contributed by atoms with Crippen LogP contribution in [0.25, 0.3) is 0 Å². The summed E-state index contributed by atoms with van der Waals surface area (Å²) in [7, 11) is 0. The molecule has 0 radical (unpaired) electrons. The molecule has 0 aromatic heterocycles. The van der Waals surface area contributed by atoms with Crippen LogP contribution < -0.4 is 15.4 Å². The molecular formula is C14H20N2O3. The highest BCUT2D eigenvalue weighted by Crippen LogP contribution is 2.34. The lowest BCUT2D eigenvalue weighted by Crippen LogP contribution is -2.52. The lowest BCUT2D eigenvalue weighted by Gasteiger charge is -2.37. The first-order valence-electron chi connectivity index (χ1n) is 6.36. The van der Waals surface area contributed by atoms with Gasteiger partial charge in [0.2, 0.25) is 0 Å². The molecule has 2 N–H and O–H groups in total. The van der Waals surface area contributed by atoms with E-state index in [2.05, 4.69) is 0 Å². The van der Waals surface area contributed by atoms with Crippen LogP contribution in [0.15, 0.2) is 24.3 Å². The van der Waals surface area contributed by atoms with Crippen molar-refractivity contribution in [1.29, 1.82) is 0 Å². The molecule has 1 aliphatic heterocycles. The number of rotatable bonds is 1. The average Bonchev–Trinajstić information content (AvgIpc) is 2.35. The molecule has 0 spiro atoms. The molecular weight excluding hydrogens is 244 g/mol. The fourth-order valence-corrected chi connectivity index (χ4v) is 1.97. The van der Waals surface area contributed by atoms with Crippen molar-refractivity contribution in [3.05, 3.63) is 24.3 Å². The van der Waals surface area contributed by atoms with Crippen LogP contribution in [0.1, 0.15) is 20.8 Å². The Labute approximate surface area is 113 Å². The van der Waals surface area contributed by atoms with E-state index in [1.54, 1.807) is 4.90 Å². The monoisotopic (exact) mass is 264 g/mol. The quantitative estimate of drug-likeness (QED) is 0.844.